The summed E-state index contributed by atoms with van der Waals surface area (Å²) in [5.41, 5.74) is 31.6. The van der Waals surface area contributed by atoms with E-state index in [0.717, 1.165) is 32.9 Å². The first-order valence-corrected chi connectivity index (χ1v) is 31.4. The van der Waals surface area contributed by atoms with Gasteiger partial charge in [-0.3, -0.25) is 0 Å². The van der Waals surface area contributed by atoms with Crippen molar-refractivity contribution in [1.82, 2.24) is 0 Å². The van der Waals surface area contributed by atoms with Crippen LogP contribution in [0.25, 0.3) is 66.8 Å². The van der Waals surface area contributed by atoms with Crippen molar-refractivity contribution in [1.29, 1.82) is 0 Å². The number of nitrogens with zero attached hydrogens (tertiary/aromatic N) is 1. The van der Waals surface area contributed by atoms with Crippen LogP contribution in [0, 0.1) is 0 Å². The van der Waals surface area contributed by atoms with Crippen molar-refractivity contribution in [3.8, 4) is 66.8 Å². The molecule has 18 rings (SSSR count). The standard InChI is InChI=1S/C43H29N.C25H15Br.C18H15N/c1-3-13-30(14-4-1)31-23-25-33(26-24-31)44(32-15-5-2-6-16-32)34-27-28-38-37-19-9-12-22-41(37)43(42(38)29-34)39-20-10-7-17-35(39)36-18-8-11-21-40(36)43;26-16-13-14-20-19-9-3-6-12-23(19)25(24(20)15-16)21-10-4-1-7-17(21)18-8-2-5-11-22(18)25;1-3-7-15(8-4-1)16-11-13-18(14-12-16)19-17-9-5-2-6-10-17/h1-29H;1-15H;1-14,19H. The molecule has 0 saturated heterocycles. The lowest BCUT2D eigenvalue weighted by atomic mass is 9.70. The molecule has 0 bridgehead atoms. The lowest BCUT2D eigenvalue weighted by molar-refractivity contribution is 0.793. The highest BCUT2D eigenvalue weighted by molar-refractivity contribution is 9.10. The monoisotopic (exact) mass is 1200 g/mol. The van der Waals surface area contributed by atoms with E-state index in [1.54, 1.807) is 0 Å². The average Bonchev–Trinajstić information content (AvgIpc) is 1.53. The van der Waals surface area contributed by atoms with E-state index in [9.17, 15) is 0 Å². The van der Waals surface area contributed by atoms with E-state index >= 15 is 0 Å². The van der Waals surface area contributed by atoms with Gasteiger partial charge in [0.25, 0.3) is 0 Å². The molecule has 0 aliphatic heterocycles. The first kappa shape index (κ1) is 53.6. The van der Waals surface area contributed by atoms with Crippen molar-refractivity contribution >= 4 is 44.4 Å². The predicted molar refractivity (Wildman–Crippen MR) is 375 cm³/mol. The normalized spacial score (nSPS) is 13.0. The Hall–Kier alpha value is -10.8. The van der Waals surface area contributed by atoms with Gasteiger partial charge in [0, 0.05) is 32.9 Å². The number of benzene rings is 14. The number of halogens is 1. The molecule has 2 spiro atoms. The third kappa shape index (κ3) is 8.91. The molecule has 4 aliphatic rings. The summed E-state index contributed by atoms with van der Waals surface area (Å²) in [4.78, 5) is 2.39. The Balaban J connectivity index is 0.000000119. The molecule has 0 heterocycles. The van der Waals surface area contributed by atoms with Crippen LogP contribution in [0.4, 0.5) is 28.4 Å². The van der Waals surface area contributed by atoms with Gasteiger partial charge in [-0.1, -0.05) is 295 Å². The molecule has 420 valence electrons. The van der Waals surface area contributed by atoms with E-state index in [2.05, 4.69) is 354 Å². The molecular formula is C86H59BrN2. The highest BCUT2D eigenvalue weighted by Crippen LogP contribution is 2.65. The molecule has 2 nitrogen and oxygen atoms in total. The zero-order valence-corrected chi connectivity index (χ0v) is 50.4. The average molecular weight is 1200 g/mol. The lowest BCUT2D eigenvalue weighted by Crippen LogP contribution is -2.26. The van der Waals surface area contributed by atoms with Crippen LogP contribution in [0.3, 0.4) is 0 Å². The van der Waals surface area contributed by atoms with Gasteiger partial charge in [-0.2, -0.15) is 0 Å². The lowest BCUT2D eigenvalue weighted by Gasteiger charge is -2.32. The summed E-state index contributed by atoms with van der Waals surface area (Å²) in [6.07, 6.45) is 0. The van der Waals surface area contributed by atoms with Crippen LogP contribution in [-0.2, 0) is 10.8 Å². The number of hydrogen-bond donors (Lipinski definition) is 1. The van der Waals surface area contributed by atoms with Crippen LogP contribution in [0.1, 0.15) is 44.5 Å². The summed E-state index contributed by atoms with van der Waals surface area (Å²) >= 11 is 3.72. The maximum Gasteiger partial charge on any atom is 0.0726 e. The number of nitrogens with one attached hydrogen (secondary N) is 1. The van der Waals surface area contributed by atoms with Gasteiger partial charge in [0.1, 0.15) is 0 Å². The van der Waals surface area contributed by atoms with Crippen molar-refractivity contribution < 1.29 is 0 Å². The van der Waals surface area contributed by atoms with Gasteiger partial charge in [-0.05, 0) is 184 Å². The van der Waals surface area contributed by atoms with Crippen LogP contribution in [0.15, 0.2) is 356 Å². The van der Waals surface area contributed by atoms with Crippen molar-refractivity contribution in [3.05, 3.63) is 401 Å². The summed E-state index contributed by atoms with van der Waals surface area (Å²) in [7, 11) is 0. The molecule has 0 fully saturated rings. The minimum atomic E-state index is -0.366. The fourth-order valence-electron chi connectivity index (χ4n) is 14.8. The number of anilines is 5. The number of rotatable bonds is 7. The van der Waals surface area contributed by atoms with Crippen molar-refractivity contribution in [3.63, 3.8) is 0 Å². The molecule has 4 aliphatic carbocycles. The molecule has 0 unspecified atom stereocenters. The van der Waals surface area contributed by atoms with E-state index in [-0.39, 0.29) is 10.8 Å². The van der Waals surface area contributed by atoms with Gasteiger partial charge >= 0.3 is 0 Å². The summed E-state index contributed by atoms with van der Waals surface area (Å²) < 4.78 is 1.13. The van der Waals surface area contributed by atoms with E-state index in [0.29, 0.717) is 0 Å². The Morgan fingerprint density at radius 1 is 0.213 bits per heavy atom. The summed E-state index contributed by atoms with van der Waals surface area (Å²) in [5.74, 6) is 0. The van der Waals surface area contributed by atoms with Crippen molar-refractivity contribution in [2.45, 2.75) is 10.8 Å². The van der Waals surface area contributed by atoms with Gasteiger partial charge < -0.3 is 10.2 Å². The minimum absolute atomic E-state index is 0.219. The second-order valence-corrected chi connectivity index (χ2v) is 24.1. The first-order chi connectivity index (χ1) is 44.1. The molecule has 1 N–H and O–H groups in total. The molecule has 3 heteroatoms. The molecule has 0 atom stereocenters. The van der Waals surface area contributed by atoms with Gasteiger partial charge in [0.2, 0.25) is 0 Å². The van der Waals surface area contributed by atoms with Crippen molar-refractivity contribution in [2.24, 2.45) is 0 Å². The van der Waals surface area contributed by atoms with E-state index in [1.807, 2.05) is 24.3 Å². The molecular weight excluding hydrogens is 1140 g/mol. The van der Waals surface area contributed by atoms with Gasteiger partial charge in [-0.15, -0.1) is 0 Å². The largest absolute Gasteiger partial charge is 0.356 e. The molecule has 14 aromatic rings. The second kappa shape index (κ2) is 22.5. The first-order valence-electron chi connectivity index (χ1n) is 30.6. The molecule has 14 aromatic carbocycles. The predicted octanol–water partition coefficient (Wildman–Crippen LogP) is 23.1. The highest BCUT2D eigenvalue weighted by atomic mass is 79.9. The fraction of sp³-hybridized carbons (Fsp3) is 0.0233. The Bertz CT molecular complexity index is 4800. The summed E-state index contributed by atoms with van der Waals surface area (Å²) in [6, 6.07) is 127. The van der Waals surface area contributed by atoms with E-state index in [1.165, 1.54) is 111 Å². The molecule has 0 radical (unpaired) electrons. The Labute approximate surface area is 529 Å². The minimum Gasteiger partial charge on any atom is -0.356 e. The van der Waals surface area contributed by atoms with Gasteiger partial charge in [0.15, 0.2) is 0 Å². The Kier molecular flexibility index (Phi) is 13.5. The Morgan fingerprint density at radius 2 is 0.494 bits per heavy atom. The summed E-state index contributed by atoms with van der Waals surface area (Å²) in [5, 5.41) is 3.38. The zero-order chi connectivity index (χ0) is 59.3. The maximum absolute atomic E-state index is 3.72. The molecule has 0 aromatic heterocycles. The van der Waals surface area contributed by atoms with Gasteiger partial charge in [0.05, 0.1) is 10.8 Å². The fourth-order valence-corrected chi connectivity index (χ4v) is 15.2. The third-order valence-corrected chi connectivity index (χ3v) is 19.0. The van der Waals surface area contributed by atoms with Crippen LogP contribution in [-0.4, -0.2) is 0 Å². The van der Waals surface area contributed by atoms with E-state index < -0.39 is 0 Å². The quantitative estimate of drug-likeness (QED) is 0.171. The SMILES string of the molecule is Brc1ccc2c(c1)C1(c3ccccc3-c3ccccc31)c1ccccc1-2.c1ccc(-c2ccc(N(c3ccccc3)c3ccc4c(c3)C3(c5ccccc5-c5ccccc53)c3ccccc3-4)cc2)cc1.c1ccc(Nc2ccc(-c3ccccc3)cc2)cc1. The second-order valence-electron chi connectivity index (χ2n) is 23.2. The molecule has 89 heavy (non-hydrogen) atoms. The number of fused-ring (bicyclic) bond motifs is 20. The molecule has 0 amide bonds. The number of hydrogen-bond acceptors (Lipinski definition) is 2. The number of para-hydroxylation sites is 2. The third-order valence-electron chi connectivity index (χ3n) is 18.5. The zero-order valence-electron chi connectivity index (χ0n) is 48.8. The van der Waals surface area contributed by atoms with Crippen molar-refractivity contribution in [2.75, 3.05) is 10.2 Å². The van der Waals surface area contributed by atoms with Crippen LogP contribution < -0.4 is 10.2 Å². The van der Waals surface area contributed by atoms with E-state index in [4.69, 9.17) is 0 Å². The van der Waals surface area contributed by atoms with Crippen LogP contribution in [0.5, 0.6) is 0 Å². The topological polar surface area (TPSA) is 15.3 Å². The maximum atomic E-state index is 3.72. The summed E-state index contributed by atoms with van der Waals surface area (Å²) in [6.45, 7) is 0. The molecule has 0 saturated carbocycles. The smallest absolute Gasteiger partial charge is 0.0726 e. The van der Waals surface area contributed by atoms with Crippen LogP contribution >= 0.6 is 15.9 Å². The Morgan fingerprint density at radius 3 is 0.910 bits per heavy atom. The van der Waals surface area contributed by atoms with Gasteiger partial charge in [-0.25, -0.2) is 0 Å². The van der Waals surface area contributed by atoms with Crippen LogP contribution in [0.2, 0.25) is 0 Å². The highest BCUT2D eigenvalue weighted by Gasteiger charge is 2.53.